The van der Waals surface area contributed by atoms with Gasteiger partial charge in [0.1, 0.15) is 4.99 Å². The summed E-state index contributed by atoms with van der Waals surface area (Å²) in [5.74, 6) is 0. The Kier molecular flexibility index (Phi) is 4.98. The second-order valence-corrected chi connectivity index (χ2v) is 9.25. The maximum absolute atomic E-state index is 5.67. The molecule has 2 aromatic rings. The number of hydrogen-bond donors (Lipinski definition) is 1. The van der Waals surface area contributed by atoms with Gasteiger partial charge in [-0.3, -0.25) is 0 Å². The van der Waals surface area contributed by atoms with Gasteiger partial charge in [-0.1, -0.05) is 81.4 Å². The molecule has 1 heterocycles. The van der Waals surface area contributed by atoms with Crippen LogP contribution in [0, 0.1) is 10.8 Å². The second kappa shape index (κ2) is 7.27. The molecular formula is C24H30N2S. The van der Waals surface area contributed by atoms with E-state index in [1.807, 2.05) is 18.2 Å². The molecule has 27 heavy (non-hydrogen) atoms. The fourth-order valence-corrected chi connectivity index (χ4v) is 5.30. The zero-order chi connectivity index (χ0) is 18.9. The first kappa shape index (κ1) is 18.5. The van der Waals surface area contributed by atoms with E-state index in [0.29, 0.717) is 10.8 Å². The van der Waals surface area contributed by atoms with Crippen molar-refractivity contribution in [3.63, 3.8) is 0 Å². The number of thiocarbonyl (C=S) groups is 1. The van der Waals surface area contributed by atoms with Gasteiger partial charge in [-0.2, -0.15) is 0 Å². The predicted octanol–water partition coefficient (Wildman–Crippen LogP) is 6.27. The van der Waals surface area contributed by atoms with Gasteiger partial charge in [-0.05, 0) is 42.2 Å². The Morgan fingerprint density at radius 3 is 2.33 bits per heavy atom. The van der Waals surface area contributed by atoms with E-state index in [1.54, 1.807) is 0 Å². The van der Waals surface area contributed by atoms with Crippen LogP contribution < -0.4 is 10.2 Å². The molecule has 1 saturated carbocycles. The van der Waals surface area contributed by atoms with Crippen LogP contribution in [-0.4, -0.2) is 18.1 Å². The number of nitrogens with zero attached hydrogens (tertiary/aromatic N) is 1. The molecule has 0 unspecified atom stereocenters. The molecular weight excluding hydrogens is 348 g/mol. The Bertz CT molecular complexity index is 818. The zero-order valence-electron chi connectivity index (χ0n) is 16.5. The molecule has 0 spiro atoms. The smallest absolute Gasteiger partial charge is 0.111 e. The van der Waals surface area contributed by atoms with Crippen molar-refractivity contribution < 1.29 is 0 Å². The summed E-state index contributed by atoms with van der Waals surface area (Å²) in [6, 6.07) is 18.8. The van der Waals surface area contributed by atoms with Gasteiger partial charge in [-0.25, -0.2) is 0 Å². The second-order valence-electron chi connectivity index (χ2n) is 8.84. The lowest BCUT2D eigenvalue weighted by atomic mass is 9.54. The lowest BCUT2D eigenvalue weighted by molar-refractivity contribution is -0.00215. The van der Waals surface area contributed by atoms with Crippen LogP contribution in [0.1, 0.15) is 51.5 Å². The molecule has 1 aliphatic carbocycles. The molecule has 0 amide bonds. The third-order valence-corrected chi connectivity index (χ3v) is 7.50. The van der Waals surface area contributed by atoms with Crippen LogP contribution >= 0.6 is 12.2 Å². The van der Waals surface area contributed by atoms with Gasteiger partial charge in [0.05, 0.1) is 11.4 Å². The van der Waals surface area contributed by atoms with E-state index in [2.05, 4.69) is 60.5 Å². The minimum atomic E-state index is 0.399. The zero-order valence-corrected chi connectivity index (χ0v) is 17.3. The van der Waals surface area contributed by atoms with Gasteiger partial charge >= 0.3 is 0 Å². The molecule has 1 aliphatic heterocycles. The first-order valence-corrected chi connectivity index (χ1v) is 10.6. The van der Waals surface area contributed by atoms with Gasteiger partial charge in [0.25, 0.3) is 0 Å². The third kappa shape index (κ3) is 3.50. The van der Waals surface area contributed by atoms with Crippen molar-refractivity contribution >= 4 is 28.6 Å². The third-order valence-electron chi connectivity index (χ3n) is 7.17. The van der Waals surface area contributed by atoms with Gasteiger partial charge in [0.2, 0.25) is 0 Å². The molecule has 0 bridgehead atoms. The predicted molar refractivity (Wildman–Crippen MR) is 120 cm³/mol. The number of fused-ring (bicyclic) bond motifs is 1. The molecule has 2 atom stereocenters. The quantitative estimate of drug-likeness (QED) is 0.634. The molecule has 3 heteroatoms. The van der Waals surface area contributed by atoms with Gasteiger partial charge in [0, 0.05) is 18.7 Å². The Hall–Kier alpha value is -1.87. The lowest BCUT2D eigenvalue weighted by Gasteiger charge is -2.57. The summed E-state index contributed by atoms with van der Waals surface area (Å²) in [5.41, 5.74) is 4.35. The van der Waals surface area contributed by atoms with E-state index in [4.69, 9.17) is 12.2 Å². The van der Waals surface area contributed by atoms with Crippen molar-refractivity contribution in [1.29, 1.82) is 0 Å². The van der Waals surface area contributed by atoms with E-state index < -0.39 is 0 Å². The number of piperidine rings is 1. The Morgan fingerprint density at radius 2 is 1.56 bits per heavy atom. The molecule has 2 fully saturated rings. The first-order valence-electron chi connectivity index (χ1n) is 10.2. The maximum atomic E-state index is 5.67. The van der Waals surface area contributed by atoms with Crippen LogP contribution in [0.5, 0.6) is 0 Å². The van der Waals surface area contributed by atoms with Crippen LogP contribution in [0.25, 0.3) is 0 Å². The van der Waals surface area contributed by atoms with E-state index in [9.17, 15) is 0 Å². The SMILES string of the molecule is C[C@]12CCCC[C@@]1(C)CN(c1ccccc1NC(=S)c1ccccc1)CC2. The number of hydrogen-bond acceptors (Lipinski definition) is 2. The fourth-order valence-electron chi connectivity index (χ4n) is 5.06. The Morgan fingerprint density at radius 1 is 0.889 bits per heavy atom. The summed E-state index contributed by atoms with van der Waals surface area (Å²) in [5, 5.41) is 3.51. The maximum Gasteiger partial charge on any atom is 0.111 e. The van der Waals surface area contributed by atoms with Gasteiger partial charge in [0.15, 0.2) is 0 Å². The van der Waals surface area contributed by atoms with E-state index in [-0.39, 0.29) is 0 Å². The van der Waals surface area contributed by atoms with Crippen molar-refractivity contribution in [2.24, 2.45) is 10.8 Å². The summed E-state index contributed by atoms with van der Waals surface area (Å²) in [7, 11) is 0. The van der Waals surface area contributed by atoms with Crippen LogP contribution in [0.15, 0.2) is 54.6 Å². The average molecular weight is 379 g/mol. The molecule has 1 saturated heterocycles. The molecule has 0 radical (unpaired) electrons. The van der Waals surface area contributed by atoms with E-state index in [1.165, 1.54) is 37.8 Å². The van der Waals surface area contributed by atoms with Crippen molar-refractivity contribution in [2.45, 2.75) is 46.0 Å². The molecule has 2 aromatic carbocycles. The van der Waals surface area contributed by atoms with Crippen LogP contribution in [-0.2, 0) is 0 Å². The summed E-state index contributed by atoms with van der Waals surface area (Å²) < 4.78 is 0. The van der Waals surface area contributed by atoms with Crippen molar-refractivity contribution in [3.05, 3.63) is 60.2 Å². The van der Waals surface area contributed by atoms with Crippen molar-refractivity contribution in [3.8, 4) is 0 Å². The molecule has 1 N–H and O–H groups in total. The van der Waals surface area contributed by atoms with Crippen molar-refractivity contribution in [2.75, 3.05) is 23.3 Å². The van der Waals surface area contributed by atoms with Gasteiger partial charge in [-0.15, -0.1) is 0 Å². The number of para-hydroxylation sites is 2. The fraction of sp³-hybridized carbons (Fsp3) is 0.458. The lowest BCUT2D eigenvalue weighted by Crippen LogP contribution is -2.54. The minimum Gasteiger partial charge on any atom is -0.369 e. The average Bonchev–Trinajstić information content (AvgIpc) is 2.69. The number of anilines is 2. The largest absolute Gasteiger partial charge is 0.369 e. The number of rotatable bonds is 3. The summed E-state index contributed by atoms with van der Waals surface area (Å²) >= 11 is 5.67. The van der Waals surface area contributed by atoms with Crippen molar-refractivity contribution in [1.82, 2.24) is 0 Å². The highest BCUT2D eigenvalue weighted by molar-refractivity contribution is 7.81. The molecule has 142 valence electrons. The minimum absolute atomic E-state index is 0.399. The highest BCUT2D eigenvalue weighted by Gasteiger charge is 2.49. The molecule has 0 aromatic heterocycles. The number of benzene rings is 2. The summed E-state index contributed by atoms with van der Waals surface area (Å²) in [6.07, 6.45) is 6.78. The standard InChI is InChI=1S/C24H30N2S/c1-23-14-8-9-15-24(23,2)18-26(17-16-23)21-13-7-6-12-20(21)25-22(27)19-10-4-3-5-11-19/h3-7,10-13H,8-9,14-18H2,1-2H3,(H,25,27)/t23-,24+/m1/s1. The van der Waals surface area contributed by atoms with Gasteiger partial charge < -0.3 is 10.2 Å². The van der Waals surface area contributed by atoms with Crippen LogP contribution in [0.3, 0.4) is 0 Å². The normalized spacial score (nSPS) is 27.7. The van der Waals surface area contributed by atoms with Crippen LogP contribution in [0.2, 0.25) is 0 Å². The summed E-state index contributed by atoms with van der Waals surface area (Å²) in [6.45, 7) is 7.31. The van der Waals surface area contributed by atoms with E-state index >= 15 is 0 Å². The van der Waals surface area contributed by atoms with E-state index in [0.717, 1.165) is 29.3 Å². The molecule has 4 rings (SSSR count). The first-order chi connectivity index (χ1) is 13.0. The van der Waals surface area contributed by atoms with Crippen LogP contribution in [0.4, 0.5) is 11.4 Å². The Balaban J connectivity index is 1.57. The number of nitrogens with one attached hydrogen (secondary N) is 1. The monoisotopic (exact) mass is 378 g/mol. The Labute approximate surface area is 169 Å². The topological polar surface area (TPSA) is 15.3 Å². The highest BCUT2D eigenvalue weighted by atomic mass is 32.1. The molecule has 2 aliphatic rings. The molecule has 2 nitrogen and oxygen atoms in total. The summed E-state index contributed by atoms with van der Waals surface area (Å²) in [4.78, 5) is 3.37. The highest BCUT2D eigenvalue weighted by Crippen LogP contribution is 2.55.